The van der Waals surface area contributed by atoms with Crippen LogP contribution in [0.1, 0.15) is 38.5 Å². The molecule has 1 fully saturated rings. The zero-order valence-electron chi connectivity index (χ0n) is 9.61. The Bertz CT molecular complexity index is 196. The van der Waals surface area contributed by atoms with Gasteiger partial charge in [0.15, 0.2) is 0 Å². The minimum atomic E-state index is 0.127. The molecule has 2 N–H and O–H groups in total. The van der Waals surface area contributed by atoms with E-state index >= 15 is 0 Å². The molecule has 1 aliphatic rings. The summed E-state index contributed by atoms with van der Waals surface area (Å²) in [5.74, 6) is 1.42. The lowest BCUT2D eigenvalue weighted by molar-refractivity contribution is -0.121. The Labute approximate surface area is 106 Å². The van der Waals surface area contributed by atoms with Crippen molar-refractivity contribution in [3.63, 3.8) is 0 Å². The van der Waals surface area contributed by atoms with Crippen LogP contribution in [0.15, 0.2) is 0 Å². The van der Waals surface area contributed by atoms with E-state index in [0.29, 0.717) is 19.4 Å². The topological polar surface area (TPSA) is 49.3 Å². The van der Waals surface area contributed by atoms with E-state index in [9.17, 15) is 4.79 Å². The summed E-state index contributed by atoms with van der Waals surface area (Å²) in [6.45, 7) is 0.751. The van der Waals surface area contributed by atoms with Crippen LogP contribution in [0.4, 0.5) is 0 Å². The Morgan fingerprint density at radius 2 is 2.25 bits per heavy atom. The average molecular weight is 263 g/mol. The highest BCUT2D eigenvalue weighted by Gasteiger charge is 2.15. The fourth-order valence-electron chi connectivity index (χ4n) is 1.62. The summed E-state index contributed by atoms with van der Waals surface area (Å²) in [4.78, 5) is 11.3. The van der Waals surface area contributed by atoms with Crippen molar-refractivity contribution in [1.82, 2.24) is 5.32 Å². The molecule has 5 heteroatoms. The monoisotopic (exact) mass is 263 g/mol. The minimum absolute atomic E-state index is 0.127. The summed E-state index contributed by atoms with van der Waals surface area (Å²) < 4.78 is 0. The van der Waals surface area contributed by atoms with Crippen molar-refractivity contribution in [3.05, 3.63) is 0 Å². The van der Waals surface area contributed by atoms with Crippen molar-refractivity contribution in [3.8, 4) is 0 Å². The molecule has 1 atom stereocenters. The van der Waals surface area contributed by atoms with Gasteiger partial charge in [-0.3, -0.25) is 4.79 Å². The van der Waals surface area contributed by atoms with Gasteiger partial charge in [0.25, 0.3) is 0 Å². The first-order valence-corrected chi connectivity index (χ1v) is 8.37. The zero-order valence-corrected chi connectivity index (χ0v) is 11.2. The molecule has 0 aromatic heterocycles. The summed E-state index contributed by atoms with van der Waals surface area (Å²) in [6.07, 6.45) is 6.02. The van der Waals surface area contributed by atoms with Crippen LogP contribution < -0.4 is 5.32 Å². The molecule has 1 saturated heterocycles. The lowest BCUT2D eigenvalue weighted by Gasteiger charge is -2.07. The minimum Gasteiger partial charge on any atom is -0.396 e. The van der Waals surface area contributed by atoms with Crippen molar-refractivity contribution < 1.29 is 9.90 Å². The second kappa shape index (κ2) is 9.19. The molecule has 0 aromatic rings. The molecule has 0 radical (unpaired) electrons. The highest BCUT2D eigenvalue weighted by atomic mass is 33.1. The van der Waals surface area contributed by atoms with Crippen LogP contribution in [-0.4, -0.2) is 35.2 Å². The molecular formula is C11H21NO2S2. The molecule has 16 heavy (non-hydrogen) atoms. The molecule has 1 amide bonds. The van der Waals surface area contributed by atoms with Gasteiger partial charge >= 0.3 is 0 Å². The Balaban J connectivity index is 1.87. The number of carbonyl (C=O) groups is 1. The van der Waals surface area contributed by atoms with Crippen LogP contribution in [0, 0.1) is 0 Å². The van der Waals surface area contributed by atoms with Gasteiger partial charge in [-0.05, 0) is 25.7 Å². The molecular weight excluding hydrogens is 242 g/mol. The van der Waals surface area contributed by atoms with Gasteiger partial charge in [0.2, 0.25) is 5.91 Å². The fraction of sp³-hybridized carbons (Fsp3) is 0.909. The molecule has 0 aromatic carbocycles. The van der Waals surface area contributed by atoms with Crippen LogP contribution in [0.3, 0.4) is 0 Å². The number of aliphatic hydroxyl groups excluding tert-OH is 1. The lowest BCUT2D eigenvalue weighted by Crippen LogP contribution is -2.24. The third-order valence-electron chi connectivity index (χ3n) is 2.56. The normalized spacial score (nSPS) is 19.9. The van der Waals surface area contributed by atoms with Crippen molar-refractivity contribution in [2.45, 2.75) is 43.8 Å². The van der Waals surface area contributed by atoms with E-state index in [1.165, 1.54) is 18.6 Å². The van der Waals surface area contributed by atoms with E-state index in [1.54, 1.807) is 0 Å². The van der Waals surface area contributed by atoms with Gasteiger partial charge in [-0.1, -0.05) is 28.0 Å². The first-order chi connectivity index (χ1) is 7.83. The van der Waals surface area contributed by atoms with Crippen LogP contribution >= 0.6 is 21.6 Å². The quantitative estimate of drug-likeness (QED) is 0.521. The van der Waals surface area contributed by atoms with E-state index in [4.69, 9.17) is 5.11 Å². The molecule has 94 valence electrons. The van der Waals surface area contributed by atoms with Crippen LogP contribution in [0.25, 0.3) is 0 Å². The third-order valence-corrected chi connectivity index (χ3v) is 5.57. The predicted octanol–water partition coefficient (Wildman–Crippen LogP) is 2.20. The van der Waals surface area contributed by atoms with E-state index in [0.717, 1.165) is 18.1 Å². The zero-order chi connectivity index (χ0) is 11.6. The molecule has 0 spiro atoms. The predicted molar refractivity (Wildman–Crippen MR) is 71.6 cm³/mol. The maximum absolute atomic E-state index is 11.3. The second-order valence-corrected chi connectivity index (χ2v) is 6.79. The van der Waals surface area contributed by atoms with Crippen molar-refractivity contribution in [1.29, 1.82) is 0 Å². The van der Waals surface area contributed by atoms with Crippen LogP contribution in [-0.2, 0) is 4.79 Å². The summed E-state index contributed by atoms with van der Waals surface area (Å²) in [5.41, 5.74) is 0. The Morgan fingerprint density at radius 3 is 2.94 bits per heavy atom. The third kappa shape index (κ3) is 6.66. The van der Waals surface area contributed by atoms with Gasteiger partial charge in [0.05, 0.1) is 0 Å². The Morgan fingerprint density at radius 1 is 1.38 bits per heavy atom. The van der Waals surface area contributed by atoms with Crippen LogP contribution in [0.2, 0.25) is 0 Å². The maximum atomic E-state index is 11.3. The Kier molecular flexibility index (Phi) is 8.15. The number of hydrogen-bond donors (Lipinski definition) is 2. The molecule has 1 aliphatic heterocycles. The second-order valence-electron chi connectivity index (χ2n) is 4.00. The summed E-state index contributed by atoms with van der Waals surface area (Å²) in [5, 5.41) is 12.2. The number of nitrogens with one attached hydrogen (secondary N) is 1. The highest BCUT2D eigenvalue weighted by Crippen LogP contribution is 2.39. The van der Waals surface area contributed by atoms with E-state index in [-0.39, 0.29) is 12.5 Å². The van der Waals surface area contributed by atoms with E-state index in [2.05, 4.69) is 5.32 Å². The first-order valence-electron chi connectivity index (χ1n) is 5.98. The standard InChI is InChI=1S/C11H21NO2S2/c13-8-3-7-12-11(14)5-2-1-4-10-6-9-15-16-10/h10,13H,1-9H2,(H,12,14). The van der Waals surface area contributed by atoms with Crippen molar-refractivity contribution in [2.24, 2.45) is 0 Å². The summed E-state index contributed by atoms with van der Waals surface area (Å²) in [7, 11) is 3.98. The van der Waals surface area contributed by atoms with Gasteiger partial charge in [-0.2, -0.15) is 0 Å². The van der Waals surface area contributed by atoms with Gasteiger partial charge < -0.3 is 10.4 Å². The molecule has 0 bridgehead atoms. The molecule has 0 aliphatic carbocycles. The van der Waals surface area contributed by atoms with Crippen molar-refractivity contribution >= 4 is 27.5 Å². The number of hydrogen-bond acceptors (Lipinski definition) is 4. The largest absolute Gasteiger partial charge is 0.396 e. The van der Waals surface area contributed by atoms with E-state index < -0.39 is 0 Å². The lowest BCUT2D eigenvalue weighted by atomic mass is 10.1. The molecule has 1 unspecified atom stereocenters. The maximum Gasteiger partial charge on any atom is 0.219 e. The number of carbonyl (C=O) groups excluding carboxylic acids is 1. The number of rotatable bonds is 8. The van der Waals surface area contributed by atoms with E-state index in [1.807, 2.05) is 21.6 Å². The highest BCUT2D eigenvalue weighted by molar-refractivity contribution is 8.77. The fourth-order valence-corrected chi connectivity index (χ4v) is 4.64. The molecule has 3 nitrogen and oxygen atoms in total. The average Bonchev–Trinajstić information content (AvgIpc) is 2.78. The summed E-state index contributed by atoms with van der Waals surface area (Å²) >= 11 is 0. The molecule has 0 saturated carbocycles. The SMILES string of the molecule is O=C(CCCCC1CCSS1)NCCCO. The van der Waals surface area contributed by atoms with Gasteiger partial charge in [0.1, 0.15) is 0 Å². The van der Waals surface area contributed by atoms with Crippen molar-refractivity contribution in [2.75, 3.05) is 18.9 Å². The summed E-state index contributed by atoms with van der Waals surface area (Å²) in [6, 6.07) is 0. The van der Waals surface area contributed by atoms with Gasteiger partial charge in [-0.15, -0.1) is 0 Å². The van der Waals surface area contributed by atoms with Gasteiger partial charge in [0, 0.05) is 30.6 Å². The van der Waals surface area contributed by atoms with Gasteiger partial charge in [-0.25, -0.2) is 0 Å². The first kappa shape index (κ1) is 14.2. The molecule has 1 rings (SSSR count). The van der Waals surface area contributed by atoms with Crippen LogP contribution in [0.5, 0.6) is 0 Å². The molecule has 1 heterocycles. The Hall–Kier alpha value is 0.130. The smallest absolute Gasteiger partial charge is 0.219 e. The number of unbranched alkanes of at least 4 members (excludes halogenated alkanes) is 1. The number of aliphatic hydroxyl groups is 1. The number of amides is 1.